The maximum Gasteiger partial charge on any atom is 0.360 e. The normalized spacial score (nSPS) is 9.69. The molecule has 0 aromatic carbocycles. The van der Waals surface area contributed by atoms with E-state index in [9.17, 15) is 9.59 Å². The Morgan fingerprint density at radius 1 is 1.69 bits per heavy atom. The maximum atomic E-state index is 11.0. The van der Waals surface area contributed by atoms with Crippen LogP contribution >= 0.6 is 11.6 Å². The third-order valence-electron chi connectivity index (χ3n) is 1.25. The molecule has 1 heterocycles. The highest BCUT2D eigenvalue weighted by molar-refractivity contribution is 6.30. The Bertz CT molecular complexity index is 400. The van der Waals surface area contributed by atoms with Crippen molar-refractivity contribution in [2.75, 3.05) is 7.11 Å². The van der Waals surface area contributed by atoms with Gasteiger partial charge in [-0.2, -0.15) is 0 Å². The van der Waals surface area contributed by atoms with Gasteiger partial charge in [0, 0.05) is 0 Å². The predicted molar refractivity (Wildman–Crippen MR) is 43.4 cm³/mol. The summed E-state index contributed by atoms with van der Waals surface area (Å²) < 4.78 is 4.62. The molecule has 13 heavy (non-hydrogen) atoms. The van der Waals surface area contributed by atoms with Gasteiger partial charge in [-0.3, -0.25) is 9.78 Å². The highest BCUT2D eigenvalue weighted by Crippen LogP contribution is 2.15. The van der Waals surface area contributed by atoms with Gasteiger partial charge in [0.1, 0.15) is 0 Å². The third-order valence-corrected chi connectivity index (χ3v) is 1.50. The number of carboxylic acid groups (broad SMARTS) is 1. The molecule has 0 bridgehead atoms. The lowest BCUT2D eigenvalue weighted by Crippen LogP contribution is -2.20. The summed E-state index contributed by atoms with van der Waals surface area (Å²) in [5, 5.41) is 8.28. The molecule has 0 unspecified atom stereocenters. The van der Waals surface area contributed by atoms with Crippen LogP contribution in [0.3, 0.4) is 0 Å². The van der Waals surface area contributed by atoms with Crippen molar-refractivity contribution in [3.05, 3.63) is 21.2 Å². The number of carboxylic acids is 1. The lowest BCUT2D eigenvalue weighted by atomic mass is 10.4. The van der Waals surface area contributed by atoms with Crippen molar-refractivity contribution in [1.29, 1.82) is 0 Å². The Hall–Kier alpha value is -1.56. The molecule has 0 amide bonds. The summed E-state index contributed by atoms with van der Waals surface area (Å²) in [4.78, 5) is 26.8. The highest BCUT2D eigenvalue weighted by Gasteiger charge is 2.14. The van der Waals surface area contributed by atoms with E-state index in [1.165, 1.54) is 7.11 Å². The van der Waals surface area contributed by atoms with Gasteiger partial charge in [-0.05, 0) is 0 Å². The molecule has 0 aliphatic rings. The zero-order valence-electron chi connectivity index (χ0n) is 6.50. The molecule has 0 radical (unpaired) electrons. The molecule has 1 aromatic rings. The summed E-state index contributed by atoms with van der Waals surface area (Å²) in [5.74, 6) is -1.50. The second kappa shape index (κ2) is 3.44. The number of aromatic carboxylic acids is 1. The summed E-state index contributed by atoms with van der Waals surface area (Å²) in [6, 6.07) is 0. The number of ether oxygens (including phenoxy) is 1. The smallest absolute Gasteiger partial charge is 0.360 e. The van der Waals surface area contributed by atoms with Crippen LogP contribution in [0.25, 0.3) is 0 Å². The third kappa shape index (κ3) is 1.78. The number of aromatic nitrogens is 2. The number of hydrogen-bond donors (Lipinski definition) is 2. The molecule has 0 atom stereocenters. The number of nitrogens with one attached hydrogen (secondary N) is 1. The average molecular weight is 205 g/mol. The molecular formula is C6H5ClN2O4. The molecule has 0 aliphatic heterocycles. The summed E-state index contributed by atoms with van der Waals surface area (Å²) >= 11 is 5.48. The van der Waals surface area contributed by atoms with Crippen LogP contribution in [0.4, 0.5) is 0 Å². The zero-order valence-corrected chi connectivity index (χ0v) is 7.25. The van der Waals surface area contributed by atoms with Crippen molar-refractivity contribution in [2.24, 2.45) is 0 Å². The van der Waals surface area contributed by atoms with Gasteiger partial charge in [0.15, 0.2) is 5.15 Å². The van der Waals surface area contributed by atoms with E-state index in [1.807, 2.05) is 0 Å². The topological polar surface area (TPSA) is 92.3 Å². The summed E-state index contributed by atoms with van der Waals surface area (Å²) in [7, 11) is 1.28. The highest BCUT2D eigenvalue weighted by atomic mass is 35.5. The first-order valence-corrected chi connectivity index (χ1v) is 3.51. The quantitative estimate of drug-likeness (QED) is 0.714. The van der Waals surface area contributed by atoms with Gasteiger partial charge in [-0.25, -0.2) is 9.78 Å². The summed E-state index contributed by atoms with van der Waals surface area (Å²) in [6.45, 7) is 0. The molecule has 0 saturated carbocycles. The number of aromatic amines is 1. The van der Waals surface area contributed by atoms with Crippen LogP contribution in [-0.4, -0.2) is 28.2 Å². The van der Waals surface area contributed by atoms with Crippen LogP contribution in [0.5, 0.6) is 5.88 Å². The fraction of sp³-hybridized carbons (Fsp3) is 0.167. The molecule has 0 aliphatic carbocycles. The van der Waals surface area contributed by atoms with Gasteiger partial charge < -0.3 is 9.84 Å². The van der Waals surface area contributed by atoms with Gasteiger partial charge in [-0.1, -0.05) is 11.6 Å². The van der Waals surface area contributed by atoms with Crippen molar-refractivity contribution in [2.45, 2.75) is 0 Å². The predicted octanol–water partition coefficient (Wildman–Crippen LogP) is 0.130. The minimum absolute atomic E-state index is 0.0586. The molecule has 7 heteroatoms. The monoisotopic (exact) mass is 204 g/mol. The Morgan fingerprint density at radius 2 is 2.31 bits per heavy atom. The Kier molecular flexibility index (Phi) is 2.52. The first kappa shape index (κ1) is 9.53. The van der Waals surface area contributed by atoms with E-state index in [1.54, 1.807) is 0 Å². The number of carbonyl (C=O) groups is 1. The van der Waals surface area contributed by atoms with Crippen LogP contribution in [0.15, 0.2) is 4.79 Å². The number of methoxy groups -OCH3 is 1. The average Bonchev–Trinajstić information content (AvgIpc) is 2.07. The molecule has 2 N–H and O–H groups in total. The number of H-pyrrole nitrogens is 1. The molecule has 0 saturated heterocycles. The first-order chi connectivity index (χ1) is 6.06. The van der Waals surface area contributed by atoms with Gasteiger partial charge in [0.2, 0.25) is 11.6 Å². The van der Waals surface area contributed by atoms with E-state index in [2.05, 4.69) is 14.7 Å². The Labute approximate surface area is 77.1 Å². The second-order valence-corrected chi connectivity index (χ2v) is 2.40. The van der Waals surface area contributed by atoms with E-state index in [0.29, 0.717) is 0 Å². The van der Waals surface area contributed by atoms with Crippen molar-refractivity contribution in [1.82, 2.24) is 9.97 Å². The largest absolute Gasteiger partial charge is 0.480 e. The standard InChI is InChI=1S/C6H5ClN2O4/c1-13-5-3(7)8-2(6(11)12)4(10)9-5/h1H3,(H,9,10)(H,11,12). The van der Waals surface area contributed by atoms with Gasteiger partial charge in [0.25, 0.3) is 5.56 Å². The van der Waals surface area contributed by atoms with Gasteiger partial charge >= 0.3 is 5.97 Å². The van der Waals surface area contributed by atoms with E-state index >= 15 is 0 Å². The van der Waals surface area contributed by atoms with E-state index in [0.717, 1.165) is 0 Å². The van der Waals surface area contributed by atoms with Crippen molar-refractivity contribution < 1.29 is 14.6 Å². The Morgan fingerprint density at radius 3 is 2.77 bits per heavy atom. The summed E-state index contributed by atoms with van der Waals surface area (Å²) in [6.07, 6.45) is 0. The second-order valence-electron chi connectivity index (χ2n) is 2.04. The lowest BCUT2D eigenvalue weighted by Gasteiger charge is -2.00. The fourth-order valence-electron chi connectivity index (χ4n) is 0.694. The van der Waals surface area contributed by atoms with Crippen LogP contribution in [-0.2, 0) is 0 Å². The molecule has 0 fully saturated rings. The number of rotatable bonds is 2. The van der Waals surface area contributed by atoms with Crippen LogP contribution in [0.1, 0.15) is 10.5 Å². The SMILES string of the molecule is COc1[nH]c(=O)c(C(=O)O)nc1Cl. The Balaban J connectivity index is 3.37. The molecule has 1 rings (SSSR count). The number of hydrogen-bond acceptors (Lipinski definition) is 4. The number of nitrogens with zero attached hydrogens (tertiary/aromatic N) is 1. The molecule has 70 valence electrons. The van der Waals surface area contributed by atoms with Crippen LogP contribution in [0.2, 0.25) is 5.15 Å². The van der Waals surface area contributed by atoms with Crippen molar-refractivity contribution in [3.63, 3.8) is 0 Å². The zero-order chi connectivity index (χ0) is 10.0. The molecular weight excluding hydrogens is 200 g/mol. The van der Waals surface area contributed by atoms with E-state index < -0.39 is 17.2 Å². The molecule has 0 spiro atoms. The summed E-state index contributed by atoms with van der Waals surface area (Å²) in [5.41, 5.74) is -1.51. The number of halogens is 1. The minimum atomic E-state index is -1.44. The van der Waals surface area contributed by atoms with Crippen molar-refractivity contribution in [3.8, 4) is 5.88 Å². The minimum Gasteiger partial charge on any atom is -0.480 e. The van der Waals surface area contributed by atoms with E-state index in [-0.39, 0.29) is 11.0 Å². The lowest BCUT2D eigenvalue weighted by molar-refractivity contribution is 0.0688. The van der Waals surface area contributed by atoms with Crippen LogP contribution in [0, 0.1) is 0 Å². The molecule has 1 aromatic heterocycles. The molecule has 6 nitrogen and oxygen atoms in total. The maximum absolute atomic E-state index is 11.0. The van der Waals surface area contributed by atoms with E-state index in [4.69, 9.17) is 16.7 Å². The first-order valence-electron chi connectivity index (χ1n) is 3.13. The van der Waals surface area contributed by atoms with Gasteiger partial charge in [0.05, 0.1) is 7.11 Å². The fourth-order valence-corrected chi connectivity index (χ4v) is 0.903. The van der Waals surface area contributed by atoms with Crippen molar-refractivity contribution >= 4 is 17.6 Å². The van der Waals surface area contributed by atoms with Gasteiger partial charge in [-0.15, -0.1) is 0 Å². The van der Waals surface area contributed by atoms with Crippen LogP contribution < -0.4 is 10.3 Å².